The number of nitrogens with zero attached hydrogens (tertiary/aromatic N) is 1. The Morgan fingerprint density at radius 1 is 0.862 bits per heavy atom. The van der Waals surface area contributed by atoms with Gasteiger partial charge in [0.1, 0.15) is 41.3 Å². The first-order chi connectivity index (χ1) is 13.9. The number of rotatable bonds is 4. The number of halogens is 5. The van der Waals surface area contributed by atoms with Gasteiger partial charge in [0, 0.05) is 11.1 Å². The van der Waals surface area contributed by atoms with E-state index in [9.17, 15) is 8.78 Å². The Labute approximate surface area is 180 Å². The Kier molecular flexibility index (Phi) is 5.63. The van der Waals surface area contributed by atoms with Crippen LogP contribution in [0, 0.1) is 11.6 Å². The first kappa shape index (κ1) is 20.0. The van der Waals surface area contributed by atoms with Crippen LogP contribution < -0.4 is 4.74 Å². The first-order valence-corrected chi connectivity index (χ1v) is 9.63. The lowest BCUT2D eigenvalue weighted by Gasteiger charge is -2.11. The van der Waals surface area contributed by atoms with E-state index >= 15 is 0 Å². The van der Waals surface area contributed by atoms with Crippen LogP contribution in [0.2, 0.25) is 15.1 Å². The maximum atomic E-state index is 14.0. The highest BCUT2D eigenvalue weighted by Gasteiger charge is 2.27. The van der Waals surface area contributed by atoms with E-state index in [4.69, 9.17) is 44.3 Å². The van der Waals surface area contributed by atoms with Gasteiger partial charge in [0.2, 0.25) is 5.90 Å². The van der Waals surface area contributed by atoms with Crippen molar-refractivity contribution in [3.63, 3.8) is 0 Å². The van der Waals surface area contributed by atoms with Crippen LogP contribution in [0.4, 0.5) is 8.78 Å². The van der Waals surface area contributed by atoms with Crippen molar-refractivity contribution in [3.05, 3.63) is 92.4 Å². The number of ether oxygens (including phenoxy) is 2. The zero-order chi connectivity index (χ0) is 20.5. The molecule has 0 saturated heterocycles. The lowest BCUT2D eigenvalue weighted by atomic mass is 10.1. The molecule has 1 aliphatic rings. The van der Waals surface area contributed by atoms with Crippen LogP contribution in [-0.4, -0.2) is 12.5 Å². The third-order valence-electron chi connectivity index (χ3n) is 4.29. The smallest absolute Gasteiger partial charge is 0.222 e. The first-order valence-electron chi connectivity index (χ1n) is 8.49. The van der Waals surface area contributed by atoms with Crippen LogP contribution in [0.25, 0.3) is 0 Å². The van der Waals surface area contributed by atoms with Crippen molar-refractivity contribution in [2.45, 2.75) is 6.04 Å². The van der Waals surface area contributed by atoms with Gasteiger partial charge >= 0.3 is 0 Å². The van der Waals surface area contributed by atoms with Crippen molar-refractivity contribution >= 4 is 40.7 Å². The van der Waals surface area contributed by atoms with Crippen molar-refractivity contribution in [2.75, 3.05) is 6.61 Å². The minimum absolute atomic E-state index is 0.0854. The average Bonchev–Trinajstić information content (AvgIpc) is 3.14. The molecule has 3 aromatic rings. The van der Waals surface area contributed by atoms with Crippen LogP contribution in [0.15, 0.2) is 59.6 Å². The molecule has 0 bridgehead atoms. The van der Waals surface area contributed by atoms with Gasteiger partial charge in [0.25, 0.3) is 0 Å². The maximum absolute atomic E-state index is 14.0. The predicted octanol–water partition coefficient (Wildman–Crippen LogP) is 7.24. The molecule has 0 aromatic heterocycles. The van der Waals surface area contributed by atoms with Crippen molar-refractivity contribution in [3.8, 4) is 11.5 Å². The van der Waals surface area contributed by atoms with E-state index in [1.54, 1.807) is 36.4 Å². The molecule has 0 aliphatic carbocycles. The van der Waals surface area contributed by atoms with Gasteiger partial charge in [-0.05, 0) is 42.0 Å². The summed E-state index contributed by atoms with van der Waals surface area (Å²) in [6.07, 6.45) is 0. The third kappa shape index (κ3) is 4.17. The molecular weight excluding hydrogens is 443 g/mol. The molecule has 4 rings (SSSR count). The Morgan fingerprint density at radius 3 is 2.17 bits per heavy atom. The monoisotopic (exact) mass is 453 g/mol. The summed E-state index contributed by atoms with van der Waals surface area (Å²) in [6.45, 7) is 0.121. The summed E-state index contributed by atoms with van der Waals surface area (Å²) in [5, 5.41) is 1.18. The second-order valence-electron chi connectivity index (χ2n) is 6.22. The van der Waals surface area contributed by atoms with E-state index in [2.05, 4.69) is 4.99 Å². The van der Waals surface area contributed by atoms with Crippen LogP contribution in [0.5, 0.6) is 11.5 Å². The van der Waals surface area contributed by atoms with Crippen molar-refractivity contribution in [1.29, 1.82) is 0 Å². The van der Waals surface area contributed by atoms with Crippen molar-refractivity contribution in [2.24, 2.45) is 4.99 Å². The van der Waals surface area contributed by atoms with E-state index in [0.29, 0.717) is 32.1 Å². The Morgan fingerprint density at radius 2 is 1.52 bits per heavy atom. The molecule has 1 atom stereocenters. The topological polar surface area (TPSA) is 30.8 Å². The number of hydrogen-bond donors (Lipinski definition) is 0. The standard InChI is InChI=1S/C21H12Cl3F2NO2/c22-14-7-5-12(9-16(14)24)29-11-4-6-13(15(23)8-11)19-10-28-21(27-19)20-17(25)2-1-3-18(20)26/h1-9,19H,10H2. The molecule has 1 heterocycles. The summed E-state index contributed by atoms with van der Waals surface area (Å²) in [7, 11) is 0. The van der Waals surface area contributed by atoms with E-state index in [1.165, 1.54) is 6.07 Å². The molecule has 8 heteroatoms. The van der Waals surface area contributed by atoms with E-state index < -0.39 is 17.7 Å². The van der Waals surface area contributed by atoms with Gasteiger partial charge in [-0.2, -0.15) is 0 Å². The molecule has 0 spiro atoms. The Hall–Kier alpha value is -2.34. The zero-order valence-electron chi connectivity index (χ0n) is 14.6. The predicted molar refractivity (Wildman–Crippen MR) is 110 cm³/mol. The molecule has 148 valence electrons. The summed E-state index contributed by atoms with van der Waals surface area (Å²) in [4.78, 5) is 4.30. The van der Waals surface area contributed by atoms with Gasteiger partial charge in [-0.15, -0.1) is 0 Å². The fourth-order valence-electron chi connectivity index (χ4n) is 2.89. The fraction of sp³-hybridized carbons (Fsp3) is 0.0952. The quantitative estimate of drug-likeness (QED) is 0.416. The second-order valence-corrected chi connectivity index (χ2v) is 7.44. The lowest BCUT2D eigenvalue weighted by Crippen LogP contribution is -2.07. The zero-order valence-corrected chi connectivity index (χ0v) is 16.9. The molecule has 1 unspecified atom stereocenters. The molecule has 3 nitrogen and oxygen atoms in total. The van der Waals surface area contributed by atoms with Crippen LogP contribution in [-0.2, 0) is 4.74 Å². The SMILES string of the molecule is Fc1cccc(F)c1C1=NC(c2ccc(Oc3ccc(Cl)c(Cl)c3)cc2Cl)CO1. The van der Waals surface area contributed by atoms with Gasteiger partial charge in [-0.3, -0.25) is 0 Å². The molecular formula is C21H12Cl3F2NO2. The average molecular weight is 455 g/mol. The van der Waals surface area contributed by atoms with Crippen LogP contribution in [0.3, 0.4) is 0 Å². The Bertz CT molecular complexity index is 1100. The van der Waals surface area contributed by atoms with Gasteiger partial charge in [0.15, 0.2) is 0 Å². The van der Waals surface area contributed by atoms with E-state index in [0.717, 1.165) is 12.1 Å². The maximum Gasteiger partial charge on any atom is 0.222 e. The molecule has 3 aromatic carbocycles. The summed E-state index contributed by atoms with van der Waals surface area (Å²) in [5.74, 6) is -0.567. The molecule has 0 saturated carbocycles. The summed E-state index contributed by atoms with van der Waals surface area (Å²) >= 11 is 18.3. The highest BCUT2D eigenvalue weighted by Crippen LogP contribution is 2.35. The van der Waals surface area contributed by atoms with Gasteiger partial charge < -0.3 is 9.47 Å². The normalized spacial score (nSPS) is 15.8. The molecule has 0 radical (unpaired) electrons. The molecule has 0 fully saturated rings. The summed E-state index contributed by atoms with van der Waals surface area (Å²) in [5.41, 5.74) is 0.366. The van der Waals surface area contributed by atoms with Crippen LogP contribution in [0.1, 0.15) is 17.2 Å². The number of benzene rings is 3. The minimum atomic E-state index is -0.735. The summed E-state index contributed by atoms with van der Waals surface area (Å²) in [6, 6.07) is 13.1. The largest absolute Gasteiger partial charge is 0.475 e. The second kappa shape index (κ2) is 8.19. The van der Waals surface area contributed by atoms with Gasteiger partial charge in [-0.1, -0.05) is 46.9 Å². The van der Waals surface area contributed by atoms with Crippen LogP contribution >= 0.6 is 34.8 Å². The number of aliphatic imine (C=N–C) groups is 1. The fourth-order valence-corrected chi connectivity index (χ4v) is 3.47. The van der Waals surface area contributed by atoms with Crippen molar-refractivity contribution in [1.82, 2.24) is 0 Å². The van der Waals surface area contributed by atoms with Gasteiger partial charge in [0.05, 0.1) is 10.0 Å². The van der Waals surface area contributed by atoms with E-state index in [1.807, 2.05) is 0 Å². The van der Waals surface area contributed by atoms with E-state index in [-0.39, 0.29) is 18.1 Å². The van der Waals surface area contributed by atoms with Crippen molar-refractivity contribution < 1.29 is 18.3 Å². The number of hydrogen-bond acceptors (Lipinski definition) is 3. The third-order valence-corrected chi connectivity index (χ3v) is 5.35. The molecule has 0 amide bonds. The minimum Gasteiger partial charge on any atom is -0.475 e. The highest BCUT2D eigenvalue weighted by atomic mass is 35.5. The Balaban J connectivity index is 1.57. The lowest BCUT2D eigenvalue weighted by molar-refractivity contribution is 0.317. The molecule has 29 heavy (non-hydrogen) atoms. The highest BCUT2D eigenvalue weighted by molar-refractivity contribution is 6.42. The van der Waals surface area contributed by atoms with Gasteiger partial charge in [-0.25, -0.2) is 13.8 Å². The molecule has 1 aliphatic heterocycles. The summed E-state index contributed by atoms with van der Waals surface area (Å²) < 4.78 is 39.1. The molecule has 0 N–H and O–H groups in total.